The smallest absolute Gasteiger partial charge is 0.0549 e. The van der Waals surface area contributed by atoms with Crippen molar-refractivity contribution in [2.45, 2.75) is 66.0 Å². The van der Waals surface area contributed by atoms with Crippen molar-refractivity contribution in [3.05, 3.63) is 0 Å². The van der Waals surface area contributed by atoms with Crippen LogP contribution >= 0.6 is 0 Å². The highest BCUT2D eigenvalue weighted by molar-refractivity contribution is 4.59. The minimum absolute atomic E-state index is 0.416. The quantitative estimate of drug-likeness (QED) is 0.596. The maximum atomic E-state index is 5.75. The molecule has 0 rings (SSSR count). The van der Waals surface area contributed by atoms with Gasteiger partial charge in [0.1, 0.15) is 0 Å². The Balaban J connectivity index is 3.30. The number of ether oxygens (including phenoxy) is 1. The van der Waals surface area contributed by atoms with Crippen molar-refractivity contribution in [1.29, 1.82) is 0 Å². The van der Waals surface area contributed by atoms with Crippen molar-refractivity contribution in [3.8, 4) is 0 Å². The van der Waals surface area contributed by atoms with Gasteiger partial charge in [-0.15, -0.1) is 0 Å². The van der Waals surface area contributed by atoms with Gasteiger partial charge in [0.05, 0.1) is 6.10 Å². The Morgan fingerprint density at radius 3 is 2.33 bits per heavy atom. The first-order valence-electron chi connectivity index (χ1n) is 6.41. The fraction of sp³-hybridized carbons (Fsp3) is 1.00. The van der Waals surface area contributed by atoms with Crippen LogP contribution in [0.15, 0.2) is 0 Å². The minimum Gasteiger partial charge on any atom is -0.378 e. The molecule has 0 saturated carbocycles. The first-order chi connectivity index (χ1) is 7.06. The molecule has 0 amide bonds. The van der Waals surface area contributed by atoms with Gasteiger partial charge in [0, 0.05) is 12.6 Å². The highest BCUT2D eigenvalue weighted by Crippen LogP contribution is 2.08. The predicted octanol–water partition coefficient (Wildman–Crippen LogP) is 3.22. The van der Waals surface area contributed by atoms with E-state index in [0.29, 0.717) is 12.1 Å². The van der Waals surface area contributed by atoms with E-state index in [-0.39, 0.29) is 0 Å². The number of rotatable bonds is 9. The third kappa shape index (κ3) is 10.2. The molecule has 0 aromatic heterocycles. The SMILES string of the molecule is CCNC(C)CCCOC(C)CC(C)C. The lowest BCUT2D eigenvalue weighted by molar-refractivity contribution is 0.0487. The highest BCUT2D eigenvalue weighted by Gasteiger charge is 2.05. The average Bonchev–Trinajstić information content (AvgIpc) is 2.12. The first-order valence-corrected chi connectivity index (χ1v) is 6.41. The van der Waals surface area contributed by atoms with Crippen LogP contribution in [0.3, 0.4) is 0 Å². The molecule has 2 unspecified atom stereocenters. The third-order valence-electron chi connectivity index (χ3n) is 2.54. The summed E-state index contributed by atoms with van der Waals surface area (Å²) in [6.07, 6.45) is 3.96. The maximum Gasteiger partial charge on any atom is 0.0549 e. The van der Waals surface area contributed by atoms with Crippen LogP contribution in [0.4, 0.5) is 0 Å². The molecule has 2 heteroatoms. The summed E-state index contributed by atoms with van der Waals surface area (Å²) >= 11 is 0. The zero-order valence-electron chi connectivity index (χ0n) is 11.2. The van der Waals surface area contributed by atoms with E-state index in [9.17, 15) is 0 Å². The number of hydrogen-bond acceptors (Lipinski definition) is 2. The van der Waals surface area contributed by atoms with Crippen molar-refractivity contribution in [2.24, 2.45) is 5.92 Å². The van der Waals surface area contributed by atoms with Crippen LogP contribution in [0.1, 0.15) is 53.9 Å². The second-order valence-corrected chi connectivity index (χ2v) is 4.91. The summed E-state index contributed by atoms with van der Waals surface area (Å²) in [6, 6.07) is 0.624. The summed E-state index contributed by atoms with van der Waals surface area (Å²) < 4.78 is 5.75. The minimum atomic E-state index is 0.416. The molecule has 0 spiro atoms. The fourth-order valence-electron chi connectivity index (χ4n) is 1.86. The standard InChI is InChI=1S/C13H29NO/c1-6-14-12(4)8-7-9-15-13(5)10-11(2)3/h11-14H,6-10H2,1-5H3. The Bertz CT molecular complexity index is 136. The molecule has 92 valence electrons. The molecule has 0 aliphatic heterocycles. The zero-order chi connectivity index (χ0) is 11.7. The lowest BCUT2D eigenvalue weighted by Crippen LogP contribution is -2.25. The van der Waals surface area contributed by atoms with Gasteiger partial charge in [-0.2, -0.15) is 0 Å². The van der Waals surface area contributed by atoms with Crippen molar-refractivity contribution in [3.63, 3.8) is 0 Å². The lowest BCUT2D eigenvalue weighted by atomic mass is 10.1. The summed E-state index contributed by atoms with van der Waals surface area (Å²) in [5.74, 6) is 0.737. The van der Waals surface area contributed by atoms with Gasteiger partial charge < -0.3 is 10.1 Å². The molecule has 0 aromatic rings. The van der Waals surface area contributed by atoms with E-state index < -0.39 is 0 Å². The topological polar surface area (TPSA) is 21.3 Å². The van der Waals surface area contributed by atoms with E-state index >= 15 is 0 Å². The van der Waals surface area contributed by atoms with Crippen molar-refractivity contribution >= 4 is 0 Å². The molecule has 0 radical (unpaired) electrons. The Morgan fingerprint density at radius 2 is 1.80 bits per heavy atom. The zero-order valence-corrected chi connectivity index (χ0v) is 11.2. The van der Waals surface area contributed by atoms with Crippen LogP contribution in [0.5, 0.6) is 0 Å². The summed E-state index contributed by atoms with van der Waals surface area (Å²) in [5.41, 5.74) is 0. The highest BCUT2D eigenvalue weighted by atomic mass is 16.5. The Hall–Kier alpha value is -0.0800. The van der Waals surface area contributed by atoms with Gasteiger partial charge >= 0.3 is 0 Å². The molecule has 0 saturated heterocycles. The van der Waals surface area contributed by atoms with Gasteiger partial charge in [0.15, 0.2) is 0 Å². The molecule has 15 heavy (non-hydrogen) atoms. The summed E-state index contributed by atoms with van der Waals surface area (Å²) in [6.45, 7) is 13.0. The van der Waals surface area contributed by atoms with E-state index in [0.717, 1.165) is 25.5 Å². The normalized spacial score (nSPS) is 15.6. The van der Waals surface area contributed by atoms with Crippen LogP contribution in [0, 0.1) is 5.92 Å². The molecule has 1 N–H and O–H groups in total. The number of nitrogens with one attached hydrogen (secondary N) is 1. The van der Waals surface area contributed by atoms with Gasteiger partial charge in [-0.25, -0.2) is 0 Å². The molecule has 0 aliphatic carbocycles. The number of hydrogen-bond donors (Lipinski definition) is 1. The van der Waals surface area contributed by atoms with E-state index in [1.807, 2.05) is 0 Å². The summed E-state index contributed by atoms with van der Waals surface area (Å²) in [5, 5.41) is 3.41. The molecular formula is C13H29NO. The molecule has 0 heterocycles. The molecule has 0 aliphatic rings. The van der Waals surface area contributed by atoms with Crippen molar-refractivity contribution in [2.75, 3.05) is 13.2 Å². The van der Waals surface area contributed by atoms with Crippen molar-refractivity contribution in [1.82, 2.24) is 5.32 Å². The largest absolute Gasteiger partial charge is 0.378 e. The second kappa shape index (κ2) is 9.17. The van der Waals surface area contributed by atoms with E-state index in [1.165, 1.54) is 12.8 Å². The second-order valence-electron chi connectivity index (χ2n) is 4.91. The Kier molecular flexibility index (Phi) is 9.12. The van der Waals surface area contributed by atoms with Crippen LogP contribution < -0.4 is 5.32 Å². The van der Waals surface area contributed by atoms with Crippen LogP contribution in [0.25, 0.3) is 0 Å². The first kappa shape index (κ1) is 14.9. The molecule has 0 fully saturated rings. The molecular weight excluding hydrogens is 186 g/mol. The van der Waals surface area contributed by atoms with Gasteiger partial charge in [-0.05, 0) is 45.6 Å². The fourth-order valence-corrected chi connectivity index (χ4v) is 1.86. The molecule has 0 bridgehead atoms. The summed E-state index contributed by atoms with van der Waals surface area (Å²) in [4.78, 5) is 0. The third-order valence-corrected chi connectivity index (χ3v) is 2.54. The maximum absolute atomic E-state index is 5.75. The van der Waals surface area contributed by atoms with Gasteiger partial charge in [-0.3, -0.25) is 0 Å². The van der Waals surface area contributed by atoms with E-state index in [2.05, 4.69) is 39.9 Å². The van der Waals surface area contributed by atoms with Crippen molar-refractivity contribution < 1.29 is 4.74 Å². The van der Waals surface area contributed by atoms with Crippen LogP contribution in [-0.2, 0) is 4.74 Å². The summed E-state index contributed by atoms with van der Waals surface area (Å²) in [7, 11) is 0. The average molecular weight is 215 g/mol. The predicted molar refractivity (Wildman–Crippen MR) is 67.2 cm³/mol. The van der Waals surface area contributed by atoms with Gasteiger partial charge in [0.25, 0.3) is 0 Å². The van der Waals surface area contributed by atoms with E-state index in [1.54, 1.807) is 0 Å². The molecule has 0 aromatic carbocycles. The van der Waals surface area contributed by atoms with Gasteiger partial charge in [-0.1, -0.05) is 20.8 Å². The van der Waals surface area contributed by atoms with Gasteiger partial charge in [0.2, 0.25) is 0 Å². The van der Waals surface area contributed by atoms with Crippen LogP contribution in [0.2, 0.25) is 0 Å². The molecule has 2 nitrogen and oxygen atoms in total. The Labute approximate surface area is 95.8 Å². The molecule has 2 atom stereocenters. The van der Waals surface area contributed by atoms with E-state index in [4.69, 9.17) is 4.74 Å². The Morgan fingerprint density at radius 1 is 1.13 bits per heavy atom. The lowest BCUT2D eigenvalue weighted by Gasteiger charge is -2.16. The monoisotopic (exact) mass is 215 g/mol. The van der Waals surface area contributed by atoms with Crippen LogP contribution in [-0.4, -0.2) is 25.3 Å².